The molecule has 2 heterocycles. The number of anilines is 2. The van der Waals surface area contributed by atoms with Crippen LogP contribution in [0.15, 0.2) is 29.1 Å². The van der Waals surface area contributed by atoms with E-state index in [-0.39, 0.29) is 22.7 Å². The molecular weight excluding hydrogens is 410 g/mol. The molecule has 2 amide bonds. The number of fused-ring (bicyclic) bond motifs is 1. The van der Waals surface area contributed by atoms with Gasteiger partial charge in [-0.05, 0) is 48.9 Å². The second-order valence-corrected chi connectivity index (χ2v) is 9.19. The number of benzene rings is 1. The zero-order valence-corrected chi connectivity index (χ0v) is 18.5. The number of hydrogen-bond acceptors (Lipinski definition) is 5. The summed E-state index contributed by atoms with van der Waals surface area (Å²) in [6.07, 6.45) is 3.14. The third-order valence-corrected chi connectivity index (χ3v) is 6.01. The van der Waals surface area contributed by atoms with Crippen molar-refractivity contribution >= 4 is 29.0 Å². The van der Waals surface area contributed by atoms with Gasteiger partial charge >= 0.3 is 0 Å². The highest BCUT2D eigenvalue weighted by molar-refractivity contribution is 6.07. The number of nitrogens with zero attached hydrogens (tertiary/aromatic N) is 1. The molecule has 2 aromatic rings. The molecule has 4 rings (SSSR count). The molecule has 168 valence electrons. The topological polar surface area (TPSA) is 109 Å². The summed E-state index contributed by atoms with van der Waals surface area (Å²) in [6, 6.07) is 6.38. The van der Waals surface area contributed by atoms with E-state index in [1.165, 1.54) is 13.2 Å². The predicted octanol–water partition coefficient (Wildman–Crippen LogP) is 3.31. The number of hydrogen-bond donors (Lipinski definition) is 2. The lowest BCUT2D eigenvalue weighted by Gasteiger charge is -2.29. The fourth-order valence-corrected chi connectivity index (χ4v) is 4.43. The molecule has 1 saturated heterocycles. The van der Waals surface area contributed by atoms with Crippen molar-refractivity contribution in [3.8, 4) is 5.75 Å². The monoisotopic (exact) mass is 437 g/mol. The fourth-order valence-electron chi connectivity index (χ4n) is 4.43. The number of nitrogens with one attached hydrogen (secondary N) is 2. The Morgan fingerprint density at radius 3 is 2.62 bits per heavy atom. The van der Waals surface area contributed by atoms with E-state index in [1.54, 1.807) is 23.1 Å². The van der Waals surface area contributed by atoms with Crippen molar-refractivity contribution < 1.29 is 19.1 Å². The second kappa shape index (κ2) is 8.26. The summed E-state index contributed by atoms with van der Waals surface area (Å²) < 4.78 is 5.40. The lowest BCUT2D eigenvalue weighted by molar-refractivity contribution is -0.119. The molecule has 1 aliphatic heterocycles. The maximum absolute atomic E-state index is 12.9. The first-order valence-corrected chi connectivity index (χ1v) is 10.8. The minimum absolute atomic E-state index is 0.00518. The van der Waals surface area contributed by atoms with Crippen LogP contribution in [0.1, 0.15) is 65.9 Å². The highest BCUT2D eigenvalue weighted by atomic mass is 16.5. The molecule has 0 unspecified atom stereocenters. The molecule has 0 saturated carbocycles. The van der Waals surface area contributed by atoms with Gasteiger partial charge in [-0.2, -0.15) is 0 Å². The van der Waals surface area contributed by atoms with Crippen LogP contribution in [0.4, 0.5) is 11.4 Å². The molecule has 8 nitrogen and oxygen atoms in total. The smallest absolute Gasteiger partial charge is 0.261 e. The van der Waals surface area contributed by atoms with Crippen LogP contribution in [0.2, 0.25) is 0 Å². The number of carbonyl (C=O) groups excluding carboxylic acids is 3. The van der Waals surface area contributed by atoms with Crippen LogP contribution < -0.4 is 20.5 Å². The van der Waals surface area contributed by atoms with E-state index in [2.05, 4.69) is 10.3 Å². The van der Waals surface area contributed by atoms with Gasteiger partial charge in [0, 0.05) is 36.3 Å². The van der Waals surface area contributed by atoms with Crippen molar-refractivity contribution in [1.82, 2.24) is 4.98 Å². The molecule has 0 radical (unpaired) electrons. The molecule has 1 aliphatic carbocycles. The van der Waals surface area contributed by atoms with Gasteiger partial charge in [-0.15, -0.1) is 0 Å². The Bertz CT molecular complexity index is 1160. The molecule has 1 aromatic heterocycles. The zero-order valence-electron chi connectivity index (χ0n) is 18.5. The number of Topliss-reactive ketones (excluding diaryl/α,β-unsaturated/α-hetero) is 1. The lowest BCUT2D eigenvalue weighted by atomic mass is 9.75. The van der Waals surface area contributed by atoms with Gasteiger partial charge in [-0.1, -0.05) is 13.8 Å². The van der Waals surface area contributed by atoms with Crippen molar-refractivity contribution in [3.05, 3.63) is 51.4 Å². The molecule has 1 aromatic carbocycles. The quantitative estimate of drug-likeness (QED) is 0.763. The molecular formula is C24H27N3O5. The Morgan fingerprint density at radius 1 is 1.12 bits per heavy atom. The first-order valence-electron chi connectivity index (χ1n) is 10.8. The summed E-state index contributed by atoms with van der Waals surface area (Å²) in [4.78, 5) is 54.8. The first kappa shape index (κ1) is 21.8. The second-order valence-electron chi connectivity index (χ2n) is 9.19. The Hall–Kier alpha value is -3.42. The van der Waals surface area contributed by atoms with Gasteiger partial charge in [0.25, 0.3) is 11.5 Å². The average molecular weight is 437 g/mol. The SMILES string of the molecule is COc1ccc(NC(=O)c2cc3c([nH]c2=O)CC(C)(C)CC3=O)cc1N1CCCCC1=O. The minimum Gasteiger partial charge on any atom is -0.495 e. The summed E-state index contributed by atoms with van der Waals surface area (Å²) >= 11 is 0. The largest absolute Gasteiger partial charge is 0.495 e. The Balaban J connectivity index is 1.63. The number of methoxy groups -OCH3 is 1. The van der Waals surface area contributed by atoms with Crippen LogP contribution in [0.5, 0.6) is 5.75 Å². The number of rotatable bonds is 4. The van der Waals surface area contributed by atoms with Crippen molar-refractivity contribution in [2.45, 2.75) is 46.0 Å². The average Bonchev–Trinajstić information content (AvgIpc) is 2.72. The number of piperidine rings is 1. The van der Waals surface area contributed by atoms with Gasteiger partial charge < -0.3 is 19.9 Å². The Labute approximate surface area is 186 Å². The van der Waals surface area contributed by atoms with Gasteiger partial charge in [-0.3, -0.25) is 19.2 Å². The number of ether oxygens (including phenoxy) is 1. The number of H-pyrrole nitrogens is 1. The van der Waals surface area contributed by atoms with E-state index in [1.807, 2.05) is 13.8 Å². The van der Waals surface area contributed by atoms with Gasteiger partial charge in [0.2, 0.25) is 5.91 Å². The maximum atomic E-state index is 12.9. The normalized spacial score (nSPS) is 17.7. The van der Waals surface area contributed by atoms with Crippen molar-refractivity contribution in [2.75, 3.05) is 23.9 Å². The van der Waals surface area contributed by atoms with E-state index in [0.29, 0.717) is 54.2 Å². The van der Waals surface area contributed by atoms with E-state index in [9.17, 15) is 19.2 Å². The van der Waals surface area contributed by atoms with Crippen LogP contribution >= 0.6 is 0 Å². The number of aromatic amines is 1. The first-order chi connectivity index (χ1) is 15.2. The van der Waals surface area contributed by atoms with Gasteiger partial charge in [0.05, 0.1) is 12.8 Å². The highest BCUT2D eigenvalue weighted by Crippen LogP contribution is 2.35. The predicted molar refractivity (Wildman–Crippen MR) is 121 cm³/mol. The maximum Gasteiger partial charge on any atom is 0.261 e. The molecule has 8 heteroatoms. The fraction of sp³-hybridized carbons (Fsp3) is 0.417. The summed E-state index contributed by atoms with van der Waals surface area (Å²) in [5.74, 6) is -0.173. The molecule has 32 heavy (non-hydrogen) atoms. The van der Waals surface area contributed by atoms with Crippen LogP contribution in [0, 0.1) is 5.41 Å². The third-order valence-electron chi connectivity index (χ3n) is 6.01. The molecule has 2 N–H and O–H groups in total. The lowest BCUT2D eigenvalue weighted by Crippen LogP contribution is -2.35. The summed E-state index contributed by atoms with van der Waals surface area (Å²) in [7, 11) is 1.52. The highest BCUT2D eigenvalue weighted by Gasteiger charge is 2.32. The third kappa shape index (κ3) is 4.17. The summed E-state index contributed by atoms with van der Waals surface area (Å²) in [6.45, 7) is 4.53. The van der Waals surface area contributed by atoms with E-state index >= 15 is 0 Å². The minimum atomic E-state index is -0.618. The van der Waals surface area contributed by atoms with E-state index in [0.717, 1.165) is 12.8 Å². The van der Waals surface area contributed by atoms with Gasteiger partial charge in [-0.25, -0.2) is 0 Å². The Morgan fingerprint density at radius 2 is 1.91 bits per heavy atom. The number of aromatic nitrogens is 1. The number of carbonyl (C=O) groups is 3. The van der Waals surface area contributed by atoms with E-state index < -0.39 is 11.5 Å². The van der Waals surface area contributed by atoms with Crippen LogP contribution in [0.25, 0.3) is 0 Å². The van der Waals surface area contributed by atoms with Crippen LogP contribution in [0.3, 0.4) is 0 Å². The molecule has 0 atom stereocenters. The molecule has 2 aliphatic rings. The number of ketones is 1. The van der Waals surface area contributed by atoms with Crippen molar-refractivity contribution in [1.29, 1.82) is 0 Å². The standard InChI is InChI=1S/C24H27N3O5/c1-24(2)12-17-15(19(28)13-24)11-16(23(31)26-17)22(30)25-14-7-8-20(32-3)18(10-14)27-9-5-4-6-21(27)29/h7-8,10-11H,4-6,9,12-13H2,1-3H3,(H,25,30)(H,26,31). The van der Waals surface area contributed by atoms with Crippen LogP contribution in [-0.4, -0.2) is 36.2 Å². The van der Waals surface area contributed by atoms with Crippen molar-refractivity contribution in [2.24, 2.45) is 5.41 Å². The summed E-state index contributed by atoms with van der Waals surface area (Å²) in [5.41, 5.74) is 1.07. The Kier molecular flexibility index (Phi) is 5.62. The molecule has 1 fully saturated rings. The molecule has 0 bridgehead atoms. The zero-order chi connectivity index (χ0) is 23.0. The van der Waals surface area contributed by atoms with E-state index in [4.69, 9.17) is 4.74 Å². The summed E-state index contributed by atoms with van der Waals surface area (Å²) in [5, 5.41) is 2.72. The molecule has 0 spiro atoms. The number of pyridine rings is 1. The van der Waals surface area contributed by atoms with Gasteiger partial charge in [0.1, 0.15) is 11.3 Å². The number of amides is 2. The van der Waals surface area contributed by atoms with Crippen molar-refractivity contribution in [3.63, 3.8) is 0 Å². The van der Waals surface area contributed by atoms with Gasteiger partial charge in [0.15, 0.2) is 5.78 Å². The van der Waals surface area contributed by atoms with Crippen LogP contribution in [-0.2, 0) is 11.2 Å².